The van der Waals surface area contributed by atoms with Gasteiger partial charge in [-0.2, -0.15) is 0 Å². The number of pyridine rings is 1. The Morgan fingerprint density at radius 2 is 1.77 bits per heavy atom. The third-order valence-corrected chi connectivity index (χ3v) is 1.86. The second-order valence-electron chi connectivity index (χ2n) is 2.97. The van der Waals surface area contributed by atoms with E-state index in [0.29, 0.717) is 10.9 Å². The molecule has 0 saturated heterocycles. The van der Waals surface area contributed by atoms with E-state index in [0.717, 1.165) is 17.7 Å². The van der Waals surface area contributed by atoms with E-state index in [1.165, 1.54) is 0 Å². The summed E-state index contributed by atoms with van der Waals surface area (Å²) in [6, 6.07) is 4.03. The summed E-state index contributed by atoms with van der Waals surface area (Å²) in [5, 5.41) is 0.624. The fraction of sp³-hybridized carbons (Fsp3) is 0.100. The molecule has 0 aliphatic rings. The number of aromatic nitrogens is 1. The van der Waals surface area contributed by atoms with Crippen molar-refractivity contribution in [3.8, 4) is 0 Å². The monoisotopic (exact) mass is 179 g/mol. The van der Waals surface area contributed by atoms with Crippen LogP contribution >= 0.6 is 0 Å². The molecule has 0 aliphatic heterocycles. The fourth-order valence-corrected chi connectivity index (χ4v) is 1.23. The largest absolute Gasteiger partial charge is 0.256 e. The second-order valence-corrected chi connectivity index (χ2v) is 2.97. The van der Waals surface area contributed by atoms with Crippen molar-refractivity contribution in [3.63, 3.8) is 0 Å². The van der Waals surface area contributed by atoms with Crippen LogP contribution in [-0.2, 0) is 0 Å². The van der Waals surface area contributed by atoms with E-state index in [1.807, 2.05) is 6.92 Å². The van der Waals surface area contributed by atoms with E-state index in [1.54, 1.807) is 12.3 Å². The van der Waals surface area contributed by atoms with Crippen LogP contribution in [0.2, 0.25) is 0 Å². The smallest absolute Gasteiger partial charge is 0.161 e. The van der Waals surface area contributed by atoms with Crippen molar-refractivity contribution in [2.75, 3.05) is 0 Å². The van der Waals surface area contributed by atoms with E-state index in [4.69, 9.17) is 0 Å². The Morgan fingerprint density at radius 1 is 1.08 bits per heavy atom. The molecule has 13 heavy (non-hydrogen) atoms. The van der Waals surface area contributed by atoms with Crippen LogP contribution in [-0.4, -0.2) is 4.98 Å². The van der Waals surface area contributed by atoms with Gasteiger partial charge in [-0.15, -0.1) is 0 Å². The van der Waals surface area contributed by atoms with Crippen LogP contribution in [0.4, 0.5) is 8.78 Å². The van der Waals surface area contributed by atoms with Crippen molar-refractivity contribution >= 4 is 10.9 Å². The number of benzene rings is 1. The van der Waals surface area contributed by atoms with Crippen LogP contribution in [0, 0.1) is 18.6 Å². The molecule has 0 unspecified atom stereocenters. The molecule has 0 bridgehead atoms. The minimum Gasteiger partial charge on any atom is -0.256 e. The normalized spacial score (nSPS) is 10.7. The molecule has 0 aliphatic carbocycles. The van der Waals surface area contributed by atoms with Gasteiger partial charge < -0.3 is 0 Å². The molecule has 1 aromatic heterocycles. The first kappa shape index (κ1) is 8.10. The Labute approximate surface area is 74.0 Å². The Balaban J connectivity index is 2.81. The van der Waals surface area contributed by atoms with Crippen LogP contribution in [0.1, 0.15) is 5.56 Å². The van der Waals surface area contributed by atoms with Gasteiger partial charge in [-0.3, -0.25) is 4.98 Å². The zero-order valence-corrected chi connectivity index (χ0v) is 7.01. The molecule has 3 heteroatoms. The summed E-state index contributed by atoms with van der Waals surface area (Å²) in [5.74, 6) is -1.69. The lowest BCUT2D eigenvalue weighted by Crippen LogP contribution is -1.87. The van der Waals surface area contributed by atoms with Gasteiger partial charge in [-0.05, 0) is 24.6 Å². The van der Waals surface area contributed by atoms with E-state index in [-0.39, 0.29) is 0 Å². The van der Waals surface area contributed by atoms with Gasteiger partial charge in [0.05, 0.1) is 5.52 Å². The first-order valence-corrected chi connectivity index (χ1v) is 3.88. The van der Waals surface area contributed by atoms with Gasteiger partial charge in [0.2, 0.25) is 0 Å². The van der Waals surface area contributed by atoms with Gasteiger partial charge in [0.15, 0.2) is 11.6 Å². The summed E-state index contributed by atoms with van der Waals surface area (Å²) in [6.07, 6.45) is 1.62. The number of aryl methyl sites for hydroxylation is 1. The van der Waals surface area contributed by atoms with E-state index in [9.17, 15) is 8.78 Å². The van der Waals surface area contributed by atoms with Crippen molar-refractivity contribution in [3.05, 3.63) is 41.6 Å². The Bertz CT molecular complexity index is 466. The van der Waals surface area contributed by atoms with Crippen LogP contribution in [0.25, 0.3) is 10.9 Å². The minimum absolute atomic E-state index is 0.476. The van der Waals surface area contributed by atoms with Crippen molar-refractivity contribution < 1.29 is 8.78 Å². The number of fused-ring (bicyclic) bond motifs is 1. The van der Waals surface area contributed by atoms with Gasteiger partial charge in [0.1, 0.15) is 0 Å². The summed E-state index contributed by atoms with van der Waals surface area (Å²) >= 11 is 0. The highest BCUT2D eigenvalue weighted by atomic mass is 19.2. The van der Waals surface area contributed by atoms with E-state index in [2.05, 4.69) is 4.98 Å². The van der Waals surface area contributed by atoms with E-state index < -0.39 is 11.6 Å². The quantitative estimate of drug-likeness (QED) is 0.606. The molecular weight excluding hydrogens is 172 g/mol. The third kappa shape index (κ3) is 1.37. The Hall–Kier alpha value is -1.51. The summed E-state index contributed by atoms with van der Waals surface area (Å²) in [7, 11) is 0. The SMILES string of the molecule is Cc1cnc2cc(F)c(F)cc2c1. The van der Waals surface area contributed by atoms with Crippen LogP contribution in [0.5, 0.6) is 0 Å². The van der Waals surface area contributed by atoms with Crippen LogP contribution in [0.3, 0.4) is 0 Å². The molecule has 0 N–H and O–H groups in total. The standard InChI is InChI=1S/C10H7F2N/c1-6-2-7-3-8(11)9(12)4-10(7)13-5-6/h2-5H,1H3. The molecule has 66 valence electrons. The minimum atomic E-state index is -0.858. The molecule has 0 atom stereocenters. The molecule has 0 fully saturated rings. The first-order valence-electron chi connectivity index (χ1n) is 3.88. The second kappa shape index (κ2) is 2.76. The fourth-order valence-electron chi connectivity index (χ4n) is 1.23. The predicted octanol–water partition coefficient (Wildman–Crippen LogP) is 2.82. The van der Waals surface area contributed by atoms with Crippen LogP contribution in [0.15, 0.2) is 24.4 Å². The molecule has 0 spiro atoms. The number of halogens is 2. The summed E-state index contributed by atoms with van der Waals surface area (Å²) < 4.78 is 25.5. The molecule has 2 rings (SSSR count). The van der Waals surface area contributed by atoms with Gasteiger partial charge in [-0.1, -0.05) is 0 Å². The van der Waals surface area contributed by atoms with Gasteiger partial charge in [0, 0.05) is 17.6 Å². The summed E-state index contributed by atoms with van der Waals surface area (Å²) in [5.41, 5.74) is 1.41. The number of hydrogen-bond donors (Lipinski definition) is 0. The maximum Gasteiger partial charge on any atom is 0.161 e. The zero-order valence-electron chi connectivity index (χ0n) is 7.01. The van der Waals surface area contributed by atoms with Crippen molar-refractivity contribution in [1.82, 2.24) is 4.98 Å². The molecule has 2 aromatic rings. The molecule has 0 saturated carbocycles. The van der Waals surface area contributed by atoms with Crippen molar-refractivity contribution in [2.24, 2.45) is 0 Å². The number of nitrogens with zero attached hydrogens (tertiary/aromatic N) is 1. The topological polar surface area (TPSA) is 12.9 Å². The highest BCUT2D eigenvalue weighted by Crippen LogP contribution is 2.17. The number of hydrogen-bond acceptors (Lipinski definition) is 1. The lowest BCUT2D eigenvalue weighted by molar-refractivity contribution is 0.510. The molecule has 0 amide bonds. The maximum atomic E-state index is 12.8. The summed E-state index contributed by atoms with van der Waals surface area (Å²) in [6.45, 7) is 1.85. The third-order valence-electron chi connectivity index (χ3n) is 1.86. The van der Waals surface area contributed by atoms with Crippen LogP contribution < -0.4 is 0 Å². The predicted molar refractivity (Wildman–Crippen MR) is 46.4 cm³/mol. The maximum absolute atomic E-state index is 12.8. The molecule has 1 aromatic carbocycles. The summed E-state index contributed by atoms with van der Waals surface area (Å²) in [4.78, 5) is 3.98. The van der Waals surface area contributed by atoms with E-state index >= 15 is 0 Å². The van der Waals surface area contributed by atoms with Gasteiger partial charge in [-0.25, -0.2) is 8.78 Å². The average molecular weight is 179 g/mol. The Kier molecular flexibility index (Phi) is 1.72. The molecule has 1 heterocycles. The number of rotatable bonds is 0. The highest BCUT2D eigenvalue weighted by molar-refractivity contribution is 5.78. The van der Waals surface area contributed by atoms with Crippen molar-refractivity contribution in [1.29, 1.82) is 0 Å². The first-order chi connectivity index (χ1) is 6.16. The van der Waals surface area contributed by atoms with Gasteiger partial charge >= 0.3 is 0 Å². The molecule has 0 radical (unpaired) electrons. The zero-order chi connectivity index (χ0) is 9.42. The highest BCUT2D eigenvalue weighted by Gasteiger charge is 2.04. The lowest BCUT2D eigenvalue weighted by Gasteiger charge is -1.99. The Morgan fingerprint density at radius 3 is 2.54 bits per heavy atom. The lowest BCUT2D eigenvalue weighted by atomic mass is 10.2. The molecule has 1 nitrogen and oxygen atoms in total. The molecular formula is C10H7F2N. The van der Waals surface area contributed by atoms with Crippen molar-refractivity contribution in [2.45, 2.75) is 6.92 Å². The van der Waals surface area contributed by atoms with Gasteiger partial charge in [0.25, 0.3) is 0 Å². The average Bonchev–Trinajstić information content (AvgIpc) is 2.08.